The van der Waals surface area contributed by atoms with Crippen molar-refractivity contribution in [1.82, 2.24) is 0 Å². The normalized spacial score (nSPS) is 11.2. The summed E-state index contributed by atoms with van der Waals surface area (Å²) in [6.45, 7) is 0. The van der Waals surface area contributed by atoms with Crippen LogP contribution in [-0.2, 0) is 0 Å². The molecule has 0 radical (unpaired) electrons. The molecule has 0 saturated carbocycles. The molecule has 0 atom stereocenters. The largest absolute Gasteiger partial charge is 0.495 e. The highest BCUT2D eigenvalue weighted by Crippen LogP contribution is 2.48. The van der Waals surface area contributed by atoms with Gasteiger partial charge in [0.1, 0.15) is 11.5 Å². The molecule has 2 aliphatic rings. The van der Waals surface area contributed by atoms with Gasteiger partial charge in [0.2, 0.25) is 0 Å². The first kappa shape index (κ1) is 13.0. The highest BCUT2D eigenvalue weighted by molar-refractivity contribution is 6.18. The number of ether oxygens (including phenoxy) is 2. The molecule has 22 heavy (non-hydrogen) atoms. The smallest absolute Gasteiger partial charge is 0.135 e. The van der Waals surface area contributed by atoms with Gasteiger partial charge in [-0.3, -0.25) is 0 Å². The molecule has 0 spiro atoms. The van der Waals surface area contributed by atoms with Crippen LogP contribution < -0.4 is 9.47 Å². The summed E-state index contributed by atoms with van der Waals surface area (Å²) >= 11 is 0. The van der Waals surface area contributed by atoms with Gasteiger partial charge < -0.3 is 9.47 Å². The zero-order valence-corrected chi connectivity index (χ0v) is 12.6. The van der Waals surface area contributed by atoms with Crippen molar-refractivity contribution in [2.75, 3.05) is 14.2 Å². The molecule has 0 heterocycles. The number of methoxy groups -OCH3 is 2. The summed E-state index contributed by atoms with van der Waals surface area (Å²) in [7, 11) is 3.46. The Hall–Kier alpha value is -2.74. The fraction of sp³-hybridized carbons (Fsp3) is 0.100. The van der Waals surface area contributed by atoms with Crippen LogP contribution in [0.15, 0.2) is 60.7 Å². The Labute approximate surface area is 129 Å². The molecule has 2 aromatic rings. The monoisotopic (exact) mass is 288 g/mol. The summed E-state index contributed by atoms with van der Waals surface area (Å²) < 4.78 is 11.5. The van der Waals surface area contributed by atoms with Crippen molar-refractivity contribution >= 4 is 21.5 Å². The van der Waals surface area contributed by atoms with E-state index in [0.29, 0.717) is 0 Å². The van der Waals surface area contributed by atoms with E-state index in [1.165, 1.54) is 11.1 Å². The van der Waals surface area contributed by atoms with Crippen LogP contribution in [-0.4, -0.2) is 14.2 Å². The van der Waals surface area contributed by atoms with Gasteiger partial charge in [-0.1, -0.05) is 54.6 Å². The average Bonchev–Trinajstić information content (AvgIpc) is 2.75. The molecular weight excluding hydrogens is 272 g/mol. The van der Waals surface area contributed by atoms with Crippen molar-refractivity contribution in [3.8, 4) is 22.6 Å². The molecule has 0 fully saturated rings. The molecule has 0 aromatic heterocycles. The van der Waals surface area contributed by atoms with Gasteiger partial charge in [-0.05, 0) is 17.2 Å². The van der Waals surface area contributed by atoms with E-state index in [9.17, 15) is 0 Å². The van der Waals surface area contributed by atoms with Gasteiger partial charge >= 0.3 is 0 Å². The summed E-state index contributed by atoms with van der Waals surface area (Å²) in [5, 5.41) is 4.37. The van der Waals surface area contributed by atoms with E-state index < -0.39 is 0 Å². The van der Waals surface area contributed by atoms with E-state index in [4.69, 9.17) is 9.47 Å². The van der Waals surface area contributed by atoms with E-state index in [1.807, 2.05) is 18.2 Å². The predicted molar refractivity (Wildman–Crippen MR) is 91.2 cm³/mol. The number of hydrogen-bond donors (Lipinski definition) is 0. The van der Waals surface area contributed by atoms with Crippen LogP contribution in [0.1, 0.15) is 0 Å². The minimum Gasteiger partial charge on any atom is -0.495 e. The third-order valence-corrected chi connectivity index (χ3v) is 4.21. The molecule has 2 aromatic carbocycles. The van der Waals surface area contributed by atoms with Crippen LogP contribution in [0.4, 0.5) is 0 Å². The Morgan fingerprint density at radius 2 is 1.27 bits per heavy atom. The Kier molecular flexibility index (Phi) is 2.90. The molecular formula is C20H16O2. The molecule has 2 nitrogen and oxygen atoms in total. The Balaban J connectivity index is 2.32. The summed E-state index contributed by atoms with van der Waals surface area (Å²) in [5.41, 5.74) is 2.37. The number of fused-ring (bicyclic) bond motifs is 4. The molecule has 108 valence electrons. The van der Waals surface area contributed by atoms with Crippen molar-refractivity contribution in [2.45, 2.75) is 0 Å². The van der Waals surface area contributed by atoms with Gasteiger partial charge in [-0.15, -0.1) is 0 Å². The first-order valence-corrected chi connectivity index (χ1v) is 7.29. The Morgan fingerprint density at radius 3 is 2.00 bits per heavy atom. The summed E-state index contributed by atoms with van der Waals surface area (Å²) in [4.78, 5) is 0. The summed E-state index contributed by atoms with van der Waals surface area (Å²) in [6, 6.07) is 20.8. The lowest BCUT2D eigenvalue weighted by atomic mass is 10.0. The second-order valence-electron chi connectivity index (χ2n) is 5.32. The molecule has 0 bridgehead atoms. The van der Waals surface area contributed by atoms with Gasteiger partial charge in [0, 0.05) is 21.5 Å². The quantitative estimate of drug-likeness (QED) is 0.510. The van der Waals surface area contributed by atoms with Crippen LogP contribution in [0, 0.1) is 0 Å². The standard InChI is InChI=1S/C20H16O2/c1-21-19-15-10-6-7-11-16(15)20(22-2)18-14-9-5-3-4-8-13(14)12-17(18)19/h3-12H,1-2H3. The molecule has 0 N–H and O–H groups in total. The van der Waals surface area contributed by atoms with Gasteiger partial charge in [0.25, 0.3) is 0 Å². The Morgan fingerprint density at radius 1 is 0.636 bits per heavy atom. The lowest BCUT2D eigenvalue weighted by molar-refractivity contribution is 0.418. The van der Waals surface area contributed by atoms with Gasteiger partial charge in [0.15, 0.2) is 0 Å². The van der Waals surface area contributed by atoms with E-state index >= 15 is 0 Å². The predicted octanol–water partition coefficient (Wildman–Crippen LogP) is 5.12. The third-order valence-electron chi connectivity index (χ3n) is 4.21. The van der Waals surface area contributed by atoms with Gasteiger partial charge in [-0.25, -0.2) is 0 Å². The second-order valence-corrected chi connectivity index (χ2v) is 5.32. The molecule has 0 saturated heterocycles. The van der Waals surface area contributed by atoms with Crippen LogP contribution in [0.5, 0.6) is 11.5 Å². The maximum atomic E-state index is 5.78. The highest BCUT2D eigenvalue weighted by atomic mass is 16.5. The molecule has 0 aliphatic heterocycles. The van der Waals surface area contributed by atoms with E-state index in [-0.39, 0.29) is 0 Å². The number of benzene rings is 2. The maximum absolute atomic E-state index is 5.78. The Bertz CT molecular complexity index is 956. The van der Waals surface area contributed by atoms with Crippen molar-refractivity contribution < 1.29 is 9.47 Å². The third kappa shape index (κ3) is 1.67. The first-order chi connectivity index (χ1) is 10.8. The minimum absolute atomic E-state index is 0.908. The minimum atomic E-state index is 0.908. The summed E-state index contributed by atoms with van der Waals surface area (Å²) in [5.74, 6) is 1.82. The topological polar surface area (TPSA) is 18.5 Å². The summed E-state index contributed by atoms with van der Waals surface area (Å²) in [6.07, 6.45) is 0. The lowest BCUT2D eigenvalue weighted by Crippen LogP contribution is -1.91. The van der Waals surface area contributed by atoms with E-state index in [1.54, 1.807) is 14.2 Å². The van der Waals surface area contributed by atoms with Crippen LogP contribution >= 0.6 is 0 Å². The number of rotatable bonds is 2. The lowest BCUT2D eigenvalue weighted by Gasteiger charge is -2.13. The van der Waals surface area contributed by atoms with Crippen molar-refractivity contribution in [3.63, 3.8) is 0 Å². The van der Waals surface area contributed by atoms with Gasteiger partial charge in [0.05, 0.1) is 14.2 Å². The van der Waals surface area contributed by atoms with Crippen molar-refractivity contribution in [1.29, 1.82) is 0 Å². The fourth-order valence-corrected chi connectivity index (χ4v) is 3.30. The highest BCUT2D eigenvalue weighted by Gasteiger charge is 2.20. The van der Waals surface area contributed by atoms with Gasteiger partial charge in [-0.2, -0.15) is 0 Å². The van der Waals surface area contributed by atoms with Crippen LogP contribution in [0.25, 0.3) is 32.7 Å². The zero-order valence-electron chi connectivity index (χ0n) is 12.6. The molecule has 2 heteroatoms. The first-order valence-electron chi connectivity index (χ1n) is 7.29. The maximum Gasteiger partial charge on any atom is 0.135 e. The van der Waals surface area contributed by atoms with E-state index in [2.05, 4.69) is 42.5 Å². The average molecular weight is 288 g/mol. The van der Waals surface area contributed by atoms with Crippen LogP contribution in [0.2, 0.25) is 0 Å². The molecule has 4 rings (SSSR count). The number of hydrogen-bond acceptors (Lipinski definition) is 2. The molecule has 2 aliphatic carbocycles. The fourth-order valence-electron chi connectivity index (χ4n) is 3.30. The molecule has 0 amide bonds. The second kappa shape index (κ2) is 4.92. The SMILES string of the molecule is COc1c2ccccc2c(OC)c2c3cccccc-3cc12. The van der Waals surface area contributed by atoms with E-state index in [0.717, 1.165) is 33.0 Å². The zero-order chi connectivity index (χ0) is 15.1. The molecule has 0 unspecified atom stereocenters. The van der Waals surface area contributed by atoms with Crippen molar-refractivity contribution in [2.24, 2.45) is 0 Å². The van der Waals surface area contributed by atoms with Crippen LogP contribution in [0.3, 0.4) is 0 Å². The van der Waals surface area contributed by atoms with Crippen molar-refractivity contribution in [3.05, 3.63) is 60.7 Å².